The summed E-state index contributed by atoms with van der Waals surface area (Å²) in [6.07, 6.45) is -0.719. The lowest BCUT2D eigenvalue weighted by Gasteiger charge is -2.15. The quantitative estimate of drug-likeness (QED) is 0.862. The second kappa shape index (κ2) is 7.61. The Kier molecular flexibility index (Phi) is 5.55. The van der Waals surface area contributed by atoms with E-state index in [1.807, 2.05) is 62.4 Å². The number of ether oxygens (including phenoxy) is 1. The van der Waals surface area contributed by atoms with Crippen molar-refractivity contribution in [3.05, 3.63) is 65.2 Å². The van der Waals surface area contributed by atoms with E-state index in [0.717, 1.165) is 16.7 Å². The van der Waals surface area contributed by atoms with Gasteiger partial charge in [-0.3, -0.25) is 4.79 Å². The zero-order chi connectivity index (χ0) is 15.9. The van der Waals surface area contributed by atoms with Crippen LogP contribution < -0.4 is 10.1 Å². The number of rotatable bonds is 6. The number of carbonyl (C=O) groups is 1. The van der Waals surface area contributed by atoms with Gasteiger partial charge in [0.25, 0.3) is 5.91 Å². The van der Waals surface area contributed by atoms with Crippen molar-refractivity contribution >= 4 is 5.91 Å². The van der Waals surface area contributed by atoms with Crippen LogP contribution in [0.1, 0.15) is 22.8 Å². The molecule has 0 saturated carbocycles. The summed E-state index contributed by atoms with van der Waals surface area (Å²) < 4.78 is 5.47. The maximum atomic E-state index is 11.8. The van der Waals surface area contributed by atoms with Crippen molar-refractivity contribution in [2.24, 2.45) is 0 Å². The zero-order valence-corrected chi connectivity index (χ0v) is 12.9. The average Bonchev–Trinajstić information content (AvgIpc) is 2.52. The third-order valence-electron chi connectivity index (χ3n) is 3.49. The lowest BCUT2D eigenvalue weighted by atomic mass is 10.0. The number of benzene rings is 2. The second-order valence-electron chi connectivity index (χ2n) is 5.23. The normalized spacial score (nSPS) is 11.8. The van der Waals surface area contributed by atoms with Crippen LogP contribution >= 0.6 is 0 Å². The van der Waals surface area contributed by atoms with Gasteiger partial charge >= 0.3 is 0 Å². The topological polar surface area (TPSA) is 58.6 Å². The molecule has 0 aliphatic heterocycles. The highest BCUT2D eigenvalue weighted by molar-refractivity contribution is 5.77. The number of carbonyl (C=O) groups excluding carboxylic acids is 1. The van der Waals surface area contributed by atoms with E-state index in [2.05, 4.69) is 5.32 Å². The third-order valence-corrected chi connectivity index (χ3v) is 3.49. The van der Waals surface area contributed by atoms with Gasteiger partial charge in [-0.1, -0.05) is 42.5 Å². The van der Waals surface area contributed by atoms with Crippen molar-refractivity contribution < 1.29 is 14.6 Å². The minimum absolute atomic E-state index is 0.0641. The van der Waals surface area contributed by atoms with Gasteiger partial charge in [0.15, 0.2) is 6.61 Å². The smallest absolute Gasteiger partial charge is 0.258 e. The number of aryl methyl sites for hydroxylation is 2. The van der Waals surface area contributed by atoms with E-state index in [4.69, 9.17) is 4.74 Å². The molecular formula is C18H21NO3. The fraction of sp³-hybridized carbons (Fsp3) is 0.278. The molecular weight excluding hydrogens is 278 g/mol. The van der Waals surface area contributed by atoms with Gasteiger partial charge in [-0.2, -0.15) is 0 Å². The summed E-state index contributed by atoms with van der Waals surface area (Å²) >= 11 is 0. The van der Waals surface area contributed by atoms with Gasteiger partial charge in [-0.15, -0.1) is 0 Å². The molecule has 0 saturated heterocycles. The Morgan fingerprint density at radius 2 is 1.73 bits per heavy atom. The van der Waals surface area contributed by atoms with Crippen LogP contribution in [0.2, 0.25) is 0 Å². The Bertz CT molecular complexity index is 640. The Morgan fingerprint density at radius 1 is 1.09 bits per heavy atom. The van der Waals surface area contributed by atoms with E-state index in [1.165, 1.54) is 0 Å². The van der Waals surface area contributed by atoms with Crippen LogP contribution in [0.15, 0.2) is 48.5 Å². The van der Waals surface area contributed by atoms with Crippen LogP contribution in [0.3, 0.4) is 0 Å². The first-order chi connectivity index (χ1) is 10.6. The first-order valence-corrected chi connectivity index (χ1v) is 7.26. The maximum absolute atomic E-state index is 11.8. The molecule has 2 aromatic carbocycles. The van der Waals surface area contributed by atoms with Crippen molar-refractivity contribution in [1.82, 2.24) is 5.32 Å². The van der Waals surface area contributed by atoms with Crippen molar-refractivity contribution in [2.75, 3.05) is 13.2 Å². The van der Waals surface area contributed by atoms with E-state index in [0.29, 0.717) is 5.75 Å². The number of aliphatic hydroxyl groups is 1. The van der Waals surface area contributed by atoms with Crippen molar-refractivity contribution in [3.8, 4) is 5.75 Å². The molecule has 0 heterocycles. The summed E-state index contributed by atoms with van der Waals surface area (Å²) in [7, 11) is 0. The number of para-hydroxylation sites is 1. The first kappa shape index (κ1) is 16.0. The molecule has 2 N–H and O–H groups in total. The second-order valence-corrected chi connectivity index (χ2v) is 5.23. The molecule has 0 bridgehead atoms. The molecule has 22 heavy (non-hydrogen) atoms. The standard InChI is InChI=1S/C18H21NO3/c1-13-7-3-5-9-15(13)16(20)11-19-18(21)12-22-17-10-6-4-8-14(17)2/h3-10,16,20H,11-12H2,1-2H3,(H,19,21). The Labute approximate surface area is 130 Å². The SMILES string of the molecule is Cc1ccccc1OCC(=O)NCC(O)c1ccccc1C. The van der Waals surface area contributed by atoms with Crippen LogP contribution in [0.25, 0.3) is 0 Å². The molecule has 116 valence electrons. The molecule has 0 spiro atoms. The predicted octanol–water partition coefficient (Wildman–Crippen LogP) is 2.53. The largest absolute Gasteiger partial charge is 0.484 e. The van der Waals surface area contributed by atoms with E-state index in [9.17, 15) is 9.90 Å². The maximum Gasteiger partial charge on any atom is 0.258 e. The molecule has 1 unspecified atom stereocenters. The molecule has 4 heteroatoms. The van der Waals surface area contributed by atoms with E-state index >= 15 is 0 Å². The summed E-state index contributed by atoms with van der Waals surface area (Å²) in [6, 6.07) is 15.1. The highest BCUT2D eigenvalue weighted by Crippen LogP contribution is 2.17. The van der Waals surface area contributed by atoms with Crippen LogP contribution in [-0.4, -0.2) is 24.2 Å². The fourth-order valence-electron chi connectivity index (χ4n) is 2.19. The summed E-state index contributed by atoms with van der Waals surface area (Å²) in [4.78, 5) is 11.8. The highest BCUT2D eigenvalue weighted by atomic mass is 16.5. The van der Waals surface area contributed by atoms with Gasteiger partial charge in [0.1, 0.15) is 5.75 Å². The van der Waals surface area contributed by atoms with Crippen LogP contribution in [0.4, 0.5) is 0 Å². The first-order valence-electron chi connectivity index (χ1n) is 7.26. The number of aliphatic hydroxyl groups excluding tert-OH is 1. The van der Waals surface area contributed by atoms with Crippen LogP contribution in [0.5, 0.6) is 5.75 Å². The lowest BCUT2D eigenvalue weighted by Crippen LogP contribution is -2.32. The summed E-state index contributed by atoms with van der Waals surface area (Å²) in [5.41, 5.74) is 2.80. The van der Waals surface area contributed by atoms with E-state index in [1.54, 1.807) is 0 Å². The minimum Gasteiger partial charge on any atom is -0.484 e. The molecule has 0 aromatic heterocycles. The van der Waals surface area contributed by atoms with Gasteiger partial charge in [0, 0.05) is 6.54 Å². The molecule has 2 rings (SSSR count). The van der Waals surface area contributed by atoms with Gasteiger partial charge in [0.05, 0.1) is 6.10 Å². The number of amides is 1. The Balaban J connectivity index is 1.81. The summed E-state index contributed by atoms with van der Waals surface area (Å²) in [6.45, 7) is 3.96. The fourth-order valence-corrected chi connectivity index (χ4v) is 2.19. The lowest BCUT2D eigenvalue weighted by molar-refractivity contribution is -0.123. The summed E-state index contributed by atoms with van der Waals surface area (Å²) in [5.74, 6) is 0.438. The number of hydrogen-bond donors (Lipinski definition) is 2. The van der Waals surface area contributed by atoms with Crippen molar-refractivity contribution in [1.29, 1.82) is 0 Å². The van der Waals surface area contributed by atoms with Crippen LogP contribution in [-0.2, 0) is 4.79 Å². The highest BCUT2D eigenvalue weighted by Gasteiger charge is 2.11. The molecule has 0 radical (unpaired) electrons. The molecule has 0 fully saturated rings. The monoisotopic (exact) mass is 299 g/mol. The Hall–Kier alpha value is -2.33. The van der Waals surface area contributed by atoms with E-state index < -0.39 is 6.10 Å². The average molecular weight is 299 g/mol. The molecule has 0 aliphatic rings. The molecule has 4 nitrogen and oxygen atoms in total. The minimum atomic E-state index is -0.719. The van der Waals surface area contributed by atoms with Gasteiger partial charge in [-0.25, -0.2) is 0 Å². The van der Waals surface area contributed by atoms with Crippen LogP contribution in [0, 0.1) is 13.8 Å². The molecule has 1 atom stereocenters. The molecule has 0 aliphatic carbocycles. The van der Waals surface area contributed by atoms with Gasteiger partial charge in [-0.05, 0) is 36.6 Å². The number of hydrogen-bond acceptors (Lipinski definition) is 3. The van der Waals surface area contributed by atoms with Gasteiger partial charge in [0.2, 0.25) is 0 Å². The van der Waals surface area contributed by atoms with Crippen molar-refractivity contribution in [2.45, 2.75) is 20.0 Å². The zero-order valence-electron chi connectivity index (χ0n) is 12.9. The molecule has 1 amide bonds. The van der Waals surface area contributed by atoms with Crippen molar-refractivity contribution in [3.63, 3.8) is 0 Å². The predicted molar refractivity (Wildman–Crippen MR) is 85.8 cm³/mol. The molecule has 2 aromatic rings. The summed E-state index contributed by atoms with van der Waals surface area (Å²) in [5, 5.41) is 12.8. The number of nitrogens with one attached hydrogen (secondary N) is 1. The van der Waals surface area contributed by atoms with Gasteiger partial charge < -0.3 is 15.2 Å². The Morgan fingerprint density at radius 3 is 2.41 bits per heavy atom. The van der Waals surface area contributed by atoms with E-state index in [-0.39, 0.29) is 19.1 Å². The third kappa shape index (κ3) is 4.33.